The second-order valence-electron chi connectivity index (χ2n) is 5.78. The molecule has 26 heavy (non-hydrogen) atoms. The summed E-state index contributed by atoms with van der Waals surface area (Å²) in [4.78, 5) is 26.4. The van der Waals surface area contributed by atoms with Crippen LogP contribution in [0.15, 0.2) is 48.5 Å². The van der Waals surface area contributed by atoms with Crippen LogP contribution < -0.4 is 10.1 Å². The van der Waals surface area contributed by atoms with E-state index in [4.69, 9.17) is 11.2 Å². The molecule has 5 nitrogen and oxygen atoms in total. The molecule has 6 heteroatoms. The van der Waals surface area contributed by atoms with E-state index in [-0.39, 0.29) is 31.4 Å². The lowest BCUT2D eigenvalue weighted by Gasteiger charge is -2.27. The van der Waals surface area contributed by atoms with Gasteiger partial charge in [0.05, 0.1) is 6.54 Å². The van der Waals surface area contributed by atoms with Crippen molar-refractivity contribution < 1.29 is 18.7 Å². The van der Waals surface area contributed by atoms with Gasteiger partial charge in [-0.15, -0.1) is 6.42 Å². The van der Waals surface area contributed by atoms with Crippen LogP contribution in [0.5, 0.6) is 5.75 Å². The average molecular weight is 352 g/mol. The van der Waals surface area contributed by atoms with Gasteiger partial charge in [0.2, 0.25) is 5.91 Å². The number of carbonyl (C=O) groups excluding carboxylic acids is 2. The van der Waals surface area contributed by atoms with Crippen LogP contribution in [0.4, 0.5) is 4.39 Å². The second kappa shape index (κ2) is 7.70. The van der Waals surface area contributed by atoms with Gasteiger partial charge in [-0.3, -0.25) is 9.59 Å². The number of terminal acetylenes is 1. The normalized spacial score (nSPS) is 15.8. The number of halogens is 1. The zero-order valence-electron chi connectivity index (χ0n) is 13.9. The standard InChI is InChI=1S/C20H17FN2O3/c1-2-18(24)23-11-12-26-17-6-4-3-5-16(17)19(23)20(25)22-13-14-7-9-15(21)10-8-14/h1,3-10,19H,11-13H2,(H,22,25). The van der Waals surface area contributed by atoms with Crippen LogP contribution >= 0.6 is 0 Å². The number of carbonyl (C=O) groups is 2. The molecule has 0 aliphatic carbocycles. The maximum atomic E-state index is 13.0. The largest absolute Gasteiger partial charge is 0.491 e. The Hall–Kier alpha value is -3.33. The summed E-state index contributed by atoms with van der Waals surface area (Å²) in [6.45, 7) is 0.648. The van der Waals surface area contributed by atoms with Crippen LogP contribution in [0.3, 0.4) is 0 Å². The number of rotatable bonds is 3. The van der Waals surface area contributed by atoms with Crippen LogP contribution in [-0.4, -0.2) is 29.9 Å². The summed E-state index contributed by atoms with van der Waals surface area (Å²) in [6, 6.07) is 12.0. The smallest absolute Gasteiger partial charge is 0.299 e. The maximum absolute atomic E-state index is 13.0. The highest BCUT2D eigenvalue weighted by molar-refractivity contribution is 5.97. The van der Waals surface area contributed by atoms with Crippen LogP contribution in [0, 0.1) is 18.2 Å². The number of amides is 2. The molecule has 0 aromatic heterocycles. The SMILES string of the molecule is C#CC(=O)N1CCOc2ccccc2C1C(=O)NCc1ccc(F)cc1. The molecule has 0 spiro atoms. The predicted octanol–water partition coefficient (Wildman–Crippen LogP) is 2.04. The minimum atomic E-state index is -0.891. The van der Waals surface area contributed by atoms with Gasteiger partial charge in [0.1, 0.15) is 24.2 Å². The van der Waals surface area contributed by atoms with Gasteiger partial charge in [0.15, 0.2) is 0 Å². The molecule has 0 fully saturated rings. The van der Waals surface area contributed by atoms with E-state index in [2.05, 4.69) is 11.2 Å². The zero-order valence-corrected chi connectivity index (χ0v) is 13.9. The Balaban J connectivity index is 1.86. The van der Waals surface area contributed by atoms with Crippen LogP contribution in [0.2, 0.25) is 0 Å². The molecule has 0 saturated carbocycles. The Labute approximate surface area is 150 Å². The van der Waals surface area contributed by atoms with Crippen molar-refractivity contribution in [1.82, 2.24) is 10.2 Å². The summed E-state index contributed by atoms with van der Waals surface area (Å²) in [5.41, 5.74) is 1.32. The van der Waals surface area contributed by atoms with Gasteiger partial charge in [0.25, 0.3) is 5.91 Å². The lowest BCUT2D eigenvalue weighted by atomic mass is 10.0. The van der Waals surface area contributed by atoms with E-state index < -0.39 is 11.9 Å². The Morgan fingerprint density at radius 2 is 1.96 bits per heavy atom. The lowest BCUT2D eigenvalue weighted by molar-refractivity contribution is -0.136. The number of benzene rings is 2. The number of ether oxygens (including phenoxy) is 1. The van der Waals surface area contributed by atoms with E-state index in [0.29, 0.717) is 11.3 Å². The molecule has 0 bridgehead atoms. The molecule has 2 aromatic carbocycles. The first-order valence-electron chi connectivity index (χ1n) is 8.11. The van der Waals surface area contributed by atoms with Gasteiger partial charge in [-0.1, -0.05) is 30.3 Å². The molecule has 132 valence electrons. The number of nitrogens with one attached hydrogen (secondary N) is 1. The number of hydrogen-bond donors (Lipinski definition) is 1. The number of para-hydroxylation sites is 1. The van der Waals surface area contributed by atoms with Crippen molar-refractivity contribution in [3.05, 3.63) is 65.5 Å². The molecule has 1 atom stereocenters. The average Bonchev–Trinajstić information content (AvgIpc) is 2.86. The molecule has 0 radical (unpaired) electrons. The Morgan fingerprint density at radius 1 is 1.23 bits per heavy atom. The molecule has 2 amide bonds. The number of fused-ring (bicyclic) bond motifs is 1. The van der Waals surface area contributed by atoms with Crippen molar-refractivity contribution in [2.75, 3.05) is 13.2 Å². The number of nitrogens with zero attached hydrogens (tertiary/aromatic N) is 1. The third-order valence-electron chi connectivity index (χ3n) is 4.13. The quantitative estimate of drug-likeness (QED) is 0.860. The van der Waals surface area contributed by atoms with Crippen molar-refractivity contribution in [1.29, 1.82) is 0 Å². The molecule has 1 heterocycles. The first kappa shape index (κ1) is 17.5. The molecule has 2 aromatic rings. The molecule has 1 aliphatic heterocycles. The molecular weight excluding hydrogens is 335 g/mol. The zero-order chi connectivity index (χ0) is 18.5. The topological polar surface area (TPSA) is 58.6 Å². The fourth-order valence-electron chi connectivity index (χ4n) is 2.86. The fraction of sp³-hybridized carbons (Fsp3) is 0.200. The fourth-order valence-corrected chi connectivity index (χ4v) is 2.86. The third kappa shape index (κ3) is 3.67. The first-order valence-corrected chi connectivity index (χ1v) is 8.11. The van der Waals surface area contributed by atoms with Gasteiger partial charge >= 0.3 is 0 Å². The first-order chi connectivity index (χ1) is 12.6. The van der Waals surface area contributed by atoms with Gasteiger partial charge in [-0.2, -0.15) is 0 Å². The minimum Gasteiger partial charge on any atom is -0.491 e. The van der Waals surface area contributed by atoms with Crippen molar-refractivity contribution in [3.8, 4) is 18.1 Å². The van der Waals surface area contributed by atoms with E-state index in [1.165, 1.54) is 17.0 Å². The number of hydrogen-bond acceptors (Lipinski definition) is 3. The Morgan fingerprint density at radius 3 is 2.69 bits per heavy atom. The Kier molecular flexibility index (Phi) is 5.18. The summed E-state index contributed by atoms with van der Waals surface area (Å²) in [6.07, 6.45) is 5.27. The van der Waals surface area contributed by atoms with E-state index in [1.807, 2.05) is 0 Å². The van der Waals surface area contributed by atoms with Crippen LogP contribution in [0.1, 0.15) is 17.2 Å². The van der Waals surface area contributed by atoms with Crippen molar-refractivity contribution in [2.24, 2.45) is 0 Å². The van der Waals surface area contributed by atoms with Crippen LogP contribution in [-0.2, 0) is 16.1 Å². The molecule has 0 saturated heterocycles. The van der Waals surface area contributed by atoms with E-state index >= 15 is 0 Å². The molecular formula is C20H17FN2O3. The van der Waals surface area contributed by atoms with E-state index in [9.17, 15) is 14.0 Å². The van der Waals surface area contributed by atoms with E-state index in [0.717, 1.165) is 5.56 Å². The molecule has 3 rings (SSSR count). The van der Waals surface area contributed by atoms with Gasteiger partial charge in [-0.25, -0.2) is 4.39 Å². The maximum Gasteiger partial charge on any atom is 0.299 e. The molecule has 1 aliphatic rings. The summed E-state index contributed by atoms with van der Waals surface area (Å²) >= 11 is 0. The predicted molar refractivity (Wildman–Crippen MR) is 93.5 cm³/mol. The molecule has 1 N–H and O–H groups in total. The van der Waals surface area contributed by atoms with Crippen molar-refractivity contribution in [2.45, 2.75) is 12.6 Å². The van der Waals surface area contributed by atoms with Crippen molar-refractivity contribution in [3.63, 3.8) is 0 Å². The van der Waals surface area contributed by atoms with Crippen molar-refractivity contribution >= 4 is 11.8 Å². The summed E-state index contributed by atoms with van der Waals surface area (Å²) in [5, 5.41) is 2.79. The van der Waals surface area contributed by atoms with Gasteiger partial charge < -0.3 is 15.0 Å². The highest BCUT2D eigenvalue weighted by Gasteiger charge is 2.34. The molecule has 1 unspecified atom stereocenters. The van der Waals surface area contributed by atoms with E-state index in [1.54, 1.807) is 36.4 Å². The third-order valence-corrected chi connectivity index (χ3v) is 4.13. The van der Waals surface area contributed by atoms with Gasteiger partial charge in [0, 0.05) is 12.1 Å². The Bertz CT molecular complexity index is 858. The second-order valence-corrected chi connectivity index (χ2v) is 5.78. The van der Waals surface area contributed by atoms with Gasteiger partial charge in [-0.05, 0) is 29.7 Å². The highest BCUT2D eigenvalue weighted by Crippen LogP contribution is 2.32. The highest BCUT2D eigenvalue weighted by atomic mass is 19.1. The van der Waals surface area contributed by atoms with Crippen LogP contribution in [0.25, 0.3) is 0 Å². The summed E-state index contributed by atoms with van der Waals surface area (Å²) in [7, 11) is 0. The minimum absolute atomic E-state index is 0.201. The lowest BCUT2D eigenvalue weighted by Crippen LogP contribution is -2.43. The summed E-state index contributed by atoms with van der Waals surface area (Å²) < 4.78 is 18.6. The summed E-state index contributed by atoms with van der Waals surface area (Å²) in [5.74, 6) is 1.31. The monoisotopic (exact) mass is 352 g/mol.